The second-order valence-corrected chi connectivity index (χ2v) is 13.2. The van der Waals surface area contributed by atoms with Gasteiger partial charge in [0, 0.05) is 30.5 Å². The Kier molecular flexibility index (Phi) is 11.4. The number of methoxy groups -OCH3 is 2. The Morgan fingerprint density at radius 3 is 2.23 bits per heavy atom. The molecule has 6 rings (SSSR count). The van der Waals surface area contributed by atoms with Gasteiger partial charge in [0.05, 0.1) is 43.1 Å². The molecule has 0 aromatic heterocycles. The fourth-order valence-corrected chi connectivity index (χ4v) is 6.77. The molecule has 0 aliphatic carbocycles. The molecule has 2 N–H and O–H groups in total. The summed E-state index contributed by atoms with van der Waals surface area (Å²) in [4.78, 5) is 56.3. The van der Waals surface area contributed by atoms with Crippen molar-refractivity contribution in [2.24, 2.45) is 0 Å². The smallest absolute Gasteiger partial charge is 0.261 e. The Bertz CT molecular complexity index is 1940. The van der Waals surface area contributed by atoms with E-state index < -0.39 is 29.9 Å². The Morgan fingerprint density at radius 2 is 1.54 bits per heavy atom. The number of amides is 4. The zero-order valence-electron chi connectivity index (χ0n) is 28.7. The molecule has 0 fully saturated rings. The number of fused-ring (bicyclic) bond motifs is 2. The van der Waals surface area contributed by atoms with Crippen LogP contribution in [-0.2, 0) is 17.6 Å². The number of benzene rings is 4. The highest BCUT2D eigenvalue weighted by molar-refractivity contribution is 9.10. The number of carbonyl (C=O) groups is 4. The van der Waals surface area contributed by atoms with Crippen molar-refractivity contribution in [3.63, 3.8) is 0 Å². The number of hydrogen-bond donors (Lipinski definition) is 2. The summed E-state index contributed by atoms with van der Waals surface area (Å²) in [5.74, 6) is 0.278. The van der Waals surface area contributed by atoms with Gasteiger partial charge in [0.1, 0.15) is 0 Å². The van der Waals surface area contributed by atoms with E-state index in [1.54, 1.807) is 42.5 Å². The minimum absolute atomic E-state index is 0.126. The largest absolute Gasteiger partial charge is 0.493 e. The van der Waals surface area contributed by atoms with Crippen molar-refractivity contribution >= 4 is 39.6 Å². The molecule has 0 unspecified atom stereocenters. The van der Waals surface area contributed by atoms with Crippen molar-refractivity contribution in [2.75, 3.05) is 40.6 Å². The van der Waals surface area contributed by atoms with E-state index in [1.165, 1.54) is 19.1 Å². The van der Waals surface area contributed by atoms with Crippen LogP contribution < -0.4 is 24.3 Å². The summed E-state index contributed by atoms with van der Waals surface area (Å²) in [6.45, 7) is 0.0579. The van der Waals surface area contributed by atoms with E-state index in [0.717, 1.165) is 16.0 Å². The van der Waals surface area contributed by atoms with Crippen molar-refractivity contribution in [1.29, 1.82) is 0 Å². The molecule has 0 saturated heterocycles. The van der Waals surface area contributed by atoms with Gasteiger partial charge >= 0.3 is 0 Å². The van der Waals surface area contributed by atoms with Crippen LogP contribution in [-0.4, -0.2) is 91.3 Å². The van der Waals surface area contributed by atoms with Crippen molar-refractivity contribution < 1.29 is 43.2 Å². The molecule has 2 heterocycles. The van der Waals surface area contributed by atoms with Gasteiger partial charge in [0.2, 0.25) is 12.7 Å². The number of imide groups is 1. The van der Waals surface area contributed by atoms with E-state index >= 15 is 0 Å². The maximum absolute atomic E-state index is 13.9. The fraction of sp³-hybridized carbons (Fsp3) is 0.282. The van der Waals surface area contributed by atoms with E-state index in [4.69, 9.17) is 18.9 Å². The molecule has 52 heavy (non-hydrogen) atoms. The summed E-state index contributed by atoms with van der Waals surface area (Å²) < 4.78 is 22.2. The number of aliphatic hydroxyl groups is 1. The summed E-state index contributed by atoms with van der Waals surface area (Å²) in [7, 11) is 2.97. The first kappa shape index (κ1) is 36.4. The summed E-state index contributed by atoms with van der Waals surface area (Å²) >= 11 is 3.45. The topological polar surface area (TPSA) is 144 Å². The maximum Gasteiger partial charge on any atom is 0.261 e. The molecule has 0 saturated carbocycles. The molecule has 270 valence electrons. The molecule has 2 atom stereocenters. The third kappa shape index (κ3) is 8.05. The molecule has 2 aliphatic rings. The zero-order valence-corrected chi connectivity index (χ0v) is 30.3. The average Bonchev–Trinajstić information content (AvgIpc) is 3.73. The van der Waals surface area contributed by atoms with Gasteiger partial charge in [0.15, 0.2) is 23.0 Å². The predicted molar refractivity (Wildman–Crippen MR) is 194 cm³/mol. The first-order chi connectivity index (χ1) is 25.2. The molecular formula is C39H38BrN3O9. The number of rotatable bonds is 15. The Hall–Kier alpha value is -5.40. The standard InChI is InChI=1S/C39H38BrN3O9/c1-49-33-20-28(29(40)21-34(33)50-2)37(46)41-30(18-24-8-4-3-5-9-24)31(44)22-42(16-14-25-12-13-32-35(19-25)52-23-51-32)36(45)15-17-43-38(47)26-10-6-7-11-27(26)39(43)48/h3-13,19-21,30-31,44H,14-18,22-23H2,1-2H3,(H,41,46)/t30-,31-/m0/s1. The fourth-order valence-electron chi connectivity index (χ4n) is 6.26. The molecule has 2 aliphatic heterocycles. The van der Waals surface area contributed by atoms with E-state index in [1.807, 2.05) is 42.5 Å². The van der Waals surface area contributed by atoms with Crippen LogP contribution in [0.25, 0.3) is 0 Å². The van der Waals surface area contributed by atoms with Gasteiger partial charge in [-0.2, -0.15) is 0 Å². The molecule has 4 amide bonds. The molecule has 13 heteroatoms. The lowest BCUT2D eigenvalue weighted by Crippen LogP contribution is -2.51. The molecule has 4 aromatic rings. The minimum atomic E-state index is -1.22. The molecule has 4 aromatic carbocycles. The highest BCUT2D eigenvalue weighted by Crippen LogP contribution is 2.34. The van der Waals surface area contributed by atoms with E-state index in [9.17, 15) is 24.3 Å². The first-order valence-electron chi connectivity index (χ1n) is 16.7. The molecule has 0 radical (unpaired) electrons. The number of ether oxygens (including phenoxy) is 4. The van der Waals surface area contributed by atoms with Crippen LogP contribution in [0.2, 0.25) is 0 Å². The van der Waals surface area contributed by atoms with E-state index in [0.29, 0.717) is 45.0 Å². The summed E-state index contributed by atoms with van der Waals surface area (Å²) in [5, 5.41) is 14.8. The van der Waals surface area contributed by atoms with Crippen molar-refractivity contribution in [1.82, 2.24) is 15.1 Å². The monoisotopic (exact) mass is 771 g/mol. The number of nitrogens with one attached hydrogen (secondary N) is 1. The number of aliphatic hydroxyl groups excluding tert-OH is 1. The van der Waals surface area contributed by atoms with E-state index in [-0.39, 0.29) is 50.7 Å². The molecule has 0 bridgehead atoms. The van der Waals surface area contributed by atoms with Crippen molar-refractivity contribution in [3.8, 4) is 23.0 Å². The number of carbonyl (C=O) groups excluding carboxylic acids is 4. The van der Waals surface area contributed by atoms with Crippen LogP contribution in [0.3, 0.4) is 0 Å². The van der Waals surface area contributed by atoms with Gasteiger partial charge < -0.3 is 34.3 Å². The Balaban J connectivity index is 1.22. The number of hydrogen-bond acceptors (Lipinski definition) is 9. The highest BCUT2D eigenvalue weighted by Gasteiger charge is 2.36. The zero-order chi connectivity index (χ0) is 36.8. The maximum atomic E-state index is 13.9. The summed E-state index contributed by atoms with van der Waals surface area (Å²) in [6.07, 6.45) is -0.704. The van der Waals surface area contributed by atoms with Crippen LogP contribution in [0.5, 0.6) is 23.0 Å². The van der Waals surface area contributed by atoms with Gasteiger partial charge in [-0.05, 0) is 76.3 Å². The number of nitrogens with zero attached hydrogens (tertiary/aromatic N) is 2. The second kappa shape index (κ2) is 16.3. The van der Waals surface area contributed by atoms with E-state index in [2.05, 4.69) is 21.2 Å². The third-order valence-corrected chi connectivity index (χ3v) is 9.75. The van der Waals surface area contributed by atoms with Crippen LogP contribution in [0.1, 0.15) is 48.6 Å². The predicted octanol–water partition coefficient (Wildman–Crippen LogP) is 4.65. The van der Waals surface area contributed by atoms with Gasteiger partial charge in [-0.15, -0.1) is 0 Å². The lowest BCUT2D eigenvalue weighted by Gasteiger charge is -2.31. The van der Waals surface area contributed by atoms with Crippen LogP contribution in [0.4, 0.5) is 0 Å². The van der Waals surface area contributed by atoms with Gasteiger partial charge in [-0.3, -0.25) is 24.1 Å². The van der Waals surface area contributed by atoms with Crippen molar-refractivity contribution in [3.05, 3.63) is 117 Å². The summed E-state index contributed by atoms with van der Waals surface area (Å²) in [5.41, 5.74) is 2.61. The van der Waals surface area contributed by atoms with Gasteiger partial charge in [-0.25, -0.2) is 0 Å². The Labute approximate surface area is 309 Å². The van der Waals surface area contributed by atoms with Gasteiger partial charge in [-0.1, -0.05) is 48.5 Å². The first-order valence-corrected chi connectivity index (χ1v) is 17.5. The lowest BCUT2D eigenvalue weighted by molar-refractivity contribution is -0.133. The van der Waals surface area contributed by atoms with Crippen molar-refractivity contribution in [2.45, 2.75) is 31.4 Å². The number of halogens is 1. The SMILES string of the molecule is COc1cc(Br)c(C(=O)N[C@@H](Cc2ccccc2)[C@@H](O)CN(CCc2ccc3c(c2)OCO3)C(=O)CCN2C(=O)c3ccccc3C2=O)cc1OC. The second-order valence-electron chi connectivity index (χ2n) is 12.4. The molecule has 0 spiro atoms. The highest BCUT2D eigenvalue weighted by atomic mass is 79.9. The quantitative estimate of drug-likeness (QED) is 0.165. The van der Waals surface area contributed by atoms with Crippen LogP contribution >= 0.6 is 15.9 Å². The van der Waals surface area contributed by atoms with Crippen LogP contribution in [0.15, 0.2) is 89.4 Å². The molecule has 12 nitrogen and oxygen atoms in total. The average molecular weight is 773 g/mol. The Morgan fingerprint density at radius 1 is 0.885 bits per heavy atom. The molecular weight excluding hydrogens is 734 g/mol. The lowest BCUT2D eigenvalue weighted by atomic mass is 9.99. The minimum Gasteiger partial charge on any atom is -0.493 e. The van der Waals surface area contributed by atoms with Crippen LogP contribution in [0, 0.1) is 0 Å². The van der Waals surface area contributed by atoms with Gasteiger partial charge in [0.25, 0.3) is 17.7 Å². The third-order valence-electron chi connectivity index (χ3n) is 9.09. The summed E-state index contributed by atoms with van der Waals surface area (Å²) in [6, 6.07) is 23.8. The normalized spacial score (nSPS) is 14.1.